The van der Waals surface area contributed by atoms with Crippen LogP contribution in [0.3, 0.4) is 0 Å². The van der Waals surface area contributed by atoms with E-state index < -0.39 is 30.0 Å². The third kappa shape index (κ3) is 4.20. The molecule has 0 unspecified atom stereocenters. The molecule has 0 atom stereocenters. The van der Waals surface area contributed by atoms with Gasteiger partial charge in [-0.05, 0) is 33.6 Å². The summed E-state index contributed by atoms with van der Waals surface area (Å²) < 4.78 is 48.3. The Bertz CT molecular complexity index is 454. The summed E-state index contributed by atoms with van der Waals surface area (Å²) in [6.45, 7) is 4.43. The lowest BCUT2D eigenvalue weighted by molar-refractivity contribution is 0.480. The van der Waals surface area contributed by atoms with Gasteiger partial charge in [-0.3, -0.25) is 0 Å². The smallest absolute Gasteiger partial charge is 0.211 e. The highest BCUT2D eigenvalue weighted by Crippen LogP contribution is 2.24. The van der Waals surface area contributed by atoms with Gasteiger partial charge in [0.2, 0.25) is 20.0 Å². The van der Waals surface area contributed by atoms with E-state index in [-0.39, 0.29) is 7.43 Å². The summed E-state index contributed by atoms with van der Waals surface area (Å²) in [5.41, 5.74) is 0. The predicted molar refractivity (Wildman–Crippen MR) is 74.3 cm³/mol. The summed E-state index contributed by atoms with van der Waals surface area (Å²) in [6, 6.07) is 0. The Morgan fingerprint density at radius 3 is 1.78 bits per heavy atom. The molecule has 0 aromatic rings. The number of hydrogen-bond acceptors (Lipinski definition) is 4. The van der Waals surface area contributed by atoms with Crippen molar-refractivity contribution in [3.63, 3.8) is 0 Å². The SMILES string of the molecule is C.CC(C)(C)S(=O)(=O)NS(=O)(=O)C1CCCCC1. The van der Waals surface area contributed by atoms with Crippen molar-refractivity contribution in [2.24, 2.45) is 0 Å². The van der Waals surface area contributed by atoms with Crippen LogP contribution in [0.4, 0.5) is 0 Å². The molecule has 1 N–H and O–H groups in total. The fourth-order valence-electron chi connectivity index (χ4n) is 1.72. The van der Waals surface area contributed by atoms with E-state index in [0.717, 1.165) is 19.3 Å². The molecule has 0 aromatic carbocycles. The Balaban J connectivity index is 0.00000289. The van der Waals surface area contributed by atoms with Gasteiger partial charge in [0.1, 0.15) is 0 Å². The van der Waals surface area contributed by atoms with E-state index in [1.165, 1.54) is 20.8 Å². The van der Waals surface area contributed by atoms with Gasteiger partial charge in [-0.2, -0.15) is 0 Å². The van der Waals surface area contributed by atoms with Crippen LogP contribution in [-0.2, 0) is 20.0 Å². The molecule has 1 aliphatic carbocycles. The second-order valence-electron chi connectivity index (χ2n) is 5.50. The minimum absolute atomic E-state index is 0. The van der Waals surface area contributed by atoms with Crippen molar-refractivity contribution in [3.8, 4) is 0 Å². The summed E-state index contributed by atoms with van der Waals surface area (Å²) in [6.07, 6.45) is 3.82. The molecule has 1 rings (SSSR count). The second-order valence-corrected chi connectivity index (χ2v) is 10.2. The van der Waals surface area contributed by atoms with E-state index >= 15 is 0 Å². The molecular formula is C11H25NO4S2. The molecule has 0 saturated heterocycles. The van der Waals surface area contributed by atoms with E-state index in [9.17, 15) is 16.8 Å². The van der Waals surface area contributed by atoms with Crippen LogP contribution in [0, 0.1) is 0 Å². The maximum atomic E-state index is 12.0. The van der Waals surface area contributed by atoms with Crippen LogP contribution in [0.25, 0.3) is 0 Å². The molecule has 1 fully saturated rings. The Morgan fingerprint density at radius 2 is 1.39 bits per heavy atom. The van der Waals surface area contributed by atoms with Gasteiger partial charge in [-0.25, -0.2) is 16.8 Å². The molecule has 0 amide bonds. The van der Waals surface area contributed by atoms with Crippen molar-refractivity contribution >= 4 is 20.0 Å². The minimum Gasteiger partial charge on any atom is -0.211 e. The molecular weight excluding hydrogens is 274 g/mol. The van der Waals surface area contributed by atoms with Crippen LogP contribution < -0.4 is 4.13 Å². The molecule has 1 aliphatic rings. The Labute approximate surface area is 111 Å². The normalized spacial score (nSPS) is 19.3. The van der Waals surface area contributed by atoms with E-state index in [4.69, 9.17) is 0 Å². The lowest BCUT2D eigenvalue weighted by atomic mass is 10.0. The highest BCUT2D eigenvalue weighted by atomic mass is 32.3. The minimum atomic E-state index is -3.84. The van der Waals surface area contributed by atoms with Gasteiger partial charge in [0.25, 0.3) is 0 Å². The zero-order valence-corrected chi connectivity index (χ0v) is 12.2. The van der Waals surface area contributed by atoms with E-state index in [2.05, 4.69) is 0 Å². The first kappa shape index (κ1) is 17.9. The van der Waals surface area contributed by atoms with E-state index in [1.807, 2.05) is 4.13 Å². The zero-order chi connectivity index (χ0) is 13.3. The molecule has 0 aromatic heterocycles. The van der Waals surface area contributed by atoms with Crippen LogP contribution >= 0.6 is 0 Å². The first-order chi connectivity index (χ1) is 7.56. The van der Waals surface area contributed by atoms with Gasteiger partial charge in [-0.1, -0.05) is 26.7 Å². The van der Waals surface area contributed by atoms with Crippen LogP contribution in [-0.4, -0.2) is 26.8 Å². The van der Waals surface area contributed by atoms with Crippen molar-refractivity contribution < 1.29 is 16.8 Å². The van der Waals surface area contributed by atoms with Crippen molar-refractivity contribution in [2.45, 2.75) is 70.3 Å². The Hall–Kier alpha value is -0.140. The molecule has 0 aliphatic heterocycles. The first-order valence-electron chi connectivity index (χ1n) is 5.83. The molecule has 0 heterocycles. The summed E-state index contributed by atoms with van der Waals surface area (Å²) in [5, 5.41) is -0.562. The Kier molecular flexibility index (Phi) is 5.83. The fourth-order valence-corrected chi connectivity index (χ4v) is 5.44. The maximum absolute atomic E-state index is 12.0. The third-order valence-electron chi connectivity index (χ3n) is 3.02. The van der Waals surface area contributed by atoms with E-state index in [0.29, 0.717) is 12.8 Å². The van der Waals surface area contributed by atoms with E-state index in [1.54, 1.807) is 0 Å². The predicted octanol–water partition coefficient (Wildman–Crippen LogP) is 2.00. The average molecular weight is 299 g/mol. The Morgan fingerprint density at radius 1 is 0.944 bits per heavy atom. The van der Waals surface area contributed by atoms with Crippen LogP contribution in [0.2, 0.25) is 0 Å². The summed E-state index contributed by atoms with van der Waals surface area (Å²) >= 11 is 0. The summed E-state index contributed by atoms with van der Waals surface area (Å²) in [5.74, 6) is 0. The highest BCUT2D eigenvalue weighted by molar-refractivity contribution is 8.05. The van der Waals surface area contributed by atoms with Gasteiger partial charge in [-0.15, -0.1) is 4.13 Å². The monoisotopic (exact) mass is 299 g/mol. The number of nitrogens with one attached hydrogen (secondary N) is 1. The van der Waals surface area contributed by atoms with Crippen molar-refractivity contribution in [3.05, 3.63) is 0 Å². The average Bonchev–Trinajstić information content (AvgIpc) is 2.15. The number of sulfonamides is 2. The van der Waals surface area contributed by atoms with Crippen LogP contribution in [0.5, 0.6) is 0 Å². The van der Waals surface area contributed by atoms with Crippen LogP contribution in [0.15, 0.2) is 0 Å². The van der Waals surface area contributed by atoms with Gasteiger partial charge in [0, 0.05) is 0 Å². The number of hydrogen-bond donors (Lipinski definition) is 1. The second kappa shape index (κ2) is 5.88. The zero-order valence-electron chi connectivity index (χ0n) is 10.6. The maximum Gasteiger partial charge on any atom is 0.229 e. The molecule has 1 saturated carbocycles. The summed E-state index contributed by atoms with van der Waals surface area (Å²) in [4.78, 5) is 0. The first-order valence-corrected chi connectivity index (χ1v) is 8.86. The van der Waals surface area contributed by atoms with Crippen molar-refractivity contribution in [2.75, 3.05) is 0 Å². The van der Waals surface area contributed by atoms with Gasteiger partial charge in [0.15, 0.2) is 0 Å². The van der Waals surface area contributed by atoms with Crippen LogP contribution in [0.1, 0.15) is 60.3 Å². The van der Waals surface area contributed by atoms with Gasteiger partial charge < -0.3 is 0 Å². The number of rotatable bonds is 3. The third-order valence-corrected chi connectivity index (χ3v) is 7.79. The summed E-state index contributed by atoms with van der Waals surface area (Å²) in [7, 11) is -7.60. The standard InChI is InChI=1S/C10H21NO4S2.CH4/c1-10(2,3)17(14,15)11-16(12,13)9-7-5-4-6-8-9;/h9,11H,4-8H2,1-3H3;1H4. The topological polar surface area (TPSA) is 80.3 Å². The van der Waals surface area contributed by atoms with Crippen molar-refractivity contribution in [1.82, 2.24) is 4.13 Å². The van der Waals surface area contributed by atoms with Gasteiger partial charge >= 0.3 is 0 Å². The lowest BCUT2D eigenvalue weighted by Crippen LogP contribution is -2.46. The fraction of sp³-hybridized carbons (Fsp3) is 1.00. The molecule has 0 spiro atoms. The molecule has 110 valence electrons. The quantitative estimate of drug-likeness (QED) is 0.864. The van der Waals surface area contributed by atoms with Crippen molar-refractivity contribution in [1.29, 1.82) is 0 Å². The molecule has 7 heteroatoms. The lowest BCUT2D eigenvalue weighted by Gasteiger charge is -2.25. The molecule has 0 radical (unpaired) electrons. The molecule has 0 bridgehead atoms. The largest absolute Gasteiger partial charge is 0.229 e. The molecule has 18 heavy (non-hydrogen) atoms. The molecule has 5 nitrogen and oxygen atoms in total. The highest BCUT2D eigenvalue weighted by Gasteiger charge is 2.37. The van der Waals surface area contributed by atoms with Gasteiger partial charge in [0.05, 0.1) is 10.00 Å².